The Hall–Kier alpha value is -3.72. The van der Waals surface area contributed by atoms with Crippen LogP contribution in [0.2, 0.25) is 0 Å². The number of aromatic nitrogens is 4. The van der Waals surface area contributed by atoms with Gasteiger partial charge < -0.3 is 5.32 Å². The van der Waals surface area contributed by atoms with Gasteiger partial charge >= 0.3 is 0 Å². The predicted octanol–water partition coefficient (Wildman–Crippen LogP) is 4.08. The van der Waals surface area contributed by atoms with Crippen LogP contribution in [0.1, 0.15) is 54.4 Å². The van der Waals surface area contributed by atoms with Crippen molar-refractivity contribution in [3.8, 4) is 11.4 Å². The maximum absolute atomic E-state index is 12.7. The average Bonchev–Trinajstić information content (AvgIpc) is 3.72. The third kappa shape index (κ3) is 4.90. The molecule has 0 unspecified atom stereocenters. The Morgan fingerprint density at radius 3 is 2.63 bits per heavy atom. The second-order valence-electron chi connectivity index (χ2n) is 8.97. The summed E-state index contributed by atoms with van der Waals surface area (Å²) in [5, 5.41) is 3.12. The summed E-state index contributed by atoms with van der Waals surface area (Å²) < 4.78 is 24.9. The van der Waals surface area contributed by atoms with Gasteiger partial charge in [0.2, 0.25) is 0 Å². The topological polar surface area (TPSA) is 115 Å². The van der Waals surface area contributed by atoms with E-state index in [9.17, 15) is 13.2 Å². The number of nitrogens with one attached hydrogen (secondary N) is 1. The van der Waals surface area contributed by atoms with Gasteiger partial charge in [-0.25, -0.2) is 18.4 Å². The van der Waals surface area contributed by atoms with Crippen molar-refractivity contribution in [2.75, 3.05) is 0 Å². The molecule has 1 aromatic carbocycles. The fourth-order valence-corrected chi connectivity index (χ4v) is 4.84. The second-order valence-corrected chi connectivity index (χ2v) is 11.5. The lowest BCUT2D eigenvalue weighted by Gasteiger charge is -2.10. The molecule has 1 N–H and O–H groups in total. The summed E-state index contributed by atoms with van der Waals surface area (Å²) in [6.45, 7) is 3.41. The molecular formula is C26H25N5O3S. The molecule has 0 radical (unpaired) electrons. The van der Waals surface area contributed by atoms with E-state index in [1.165, 1.54) is 12.1 Å². The smallest absolute Gasteiger partial charge is 0.251 e. The van der Waals surface area contributed by atoms with Gasteiger partial charge in [0, 0.05) is 29.3 Å². The molecule has 9 heteroatoms. The molecule has 1 fully saturated rings. The number of sulfone groups is 1. The van der Waals surface area contributed by atoms with E-state index >= 15 is 0 Å². The molecule has 35 heavy (non-hydrogen) atoms. The molecule has 4 aromatic rings. The molecule has 3 heterocycles. The Morgan fingerprint density at radius 2 is 1.86 bits per heavy atom. The van der Waals surface area contributed by atoms with Gasteiger partial charge in [-0.1, -0.05) is 6.07 Å². The summed E-state index contributed by atoms with van der Waals surface area (Å²) in [5.41, 5.74) is 4.13. The van der Waals surface area contributed by atoms with E-state index in [1.807, 2.05) is 24.4 Å². The molecule has 0 saturated heterocycles. The Labute approximate surface area is 203 Å². The van der Waals surface area contributed by atoms with E-state index in [2.05, 4.69) is 15.3 Å². The lowest BCUT2D eigenvalue weighted by atomic mass is 10.2. The van der Waals surface area contributed by atoms with Crippen molar-refractivity contribution in [3.63, 3.8) is 0 Å². The first-order valence-electron chi connectivity index (χ1n) is 11.5. The standard InChI is InChI=1S/C26H25N5O3S/c1-16(2)35(33,34)21-5-3-4-18(10-21)26(32)29-13-20-11-23-19(12-28-20)8-9-22(30-23)25-15-27-14-24(31-25)17-6-7-17/h3-5,8-12,14-17H,6-7,13H2,1-2H3,(H,29,32). The Kier molecular flexibility index (Phi) is 6.02. The predicted molar refractivity (Wildman–Crippen MR) is 132 cm³/mol. The lowest BCUT2D eigenvalue weighted by Crippen LogP contribution is -2.24. The average molecular weight is 488 g/mol. The zero-order valence-corrected chi connectivity index (χ0v) is 20.3. The zero-order valence-electron chi connectivity index (χ0n) is 19.5. The second kappa shape index (κ2) is 9.14. The molecule has 1 aliphatic rings. The molecule has 8 nitrogen and oxygen atoms in total. The highest BCUT2D eigenvalue weighted by Crippen LogP contribution is 2.39. The highest BCUT2D eigenvalue weighted by Gasteiger charge is 2.25. The number of benzene rings is 1. The van der Waals surface area contributed by atoms with Crippen molar-refractivity contribution in [1.82, 2.24) is 25.3 Å². The zero-order chi connectivity index (χ0) is 24.6. The molecule has 1 saturated carbocycles. The summed E-state index contributed by atoms with van der Waals surface area (Å²) in [6.07, 6.45) is 7.57. The number of rotatable bonds is 7. The van der Waals surface area contributed by atoms with Crippen LogP contribution in [0.15, 0.2) is 66.0 Å². The molecule has 1 amide bonds. The first-order chi connectivity index (χ1) is 16.8. The molecular weight excluding hydrogens is 462 g/mol. The fraction of sp³-hybridized carbons (Fsp3) is 0.269. The summed E-state index contributed by atoms with van der Waals surface area (Å²) in [7, 11) is -3.47. The van der Waals surface area contributed by atoms with Gasteiger partial charge in [-0.2, -0.15) is 0 Å². The molecule has 0 bridgehead atoms. The molecule has 0 atom stereocenters. The Morgan fingerprint density at radius 1 is 1.03 bits per heavy atom. The minimum Gasteiger partial charge on any atom is -0.346 e. The lowest BCUT2D eigenvalue weighted by molar-refractivity contribution is 0.0950. The first kappa shape index (κ1) is 23.0. The van der Waals surface area contributed by atoms with E-state index in [0.717, 1.165) is 40.8 Å². The van der Waals surface area contributed by atoms with Crippen molar-refractivity contribution in [1.29, 1.82) is 0 Å². The fourth-order valence-electron chi connectivity index (χ4n) is 3.74. The third-order valence-corrected chi connectivity index (χ3v) is 8.17. The maximum Gasteiger partial charge on any atom is 0.251 e. The van der Waals surface area contributed by atoms with Crippen LogP contribution in [0, 0.1) is 0 Å². The van der Waals surface area contributed by atoms with Crippen LogP contribution < -0.4 is 5.32 Å². The number of fused-ring (bicyclic) bond motifs is 1. The quantitative estimate of drug-likeness (QED) is 0.418. The van der Waals surface area contributed by atoms with Crippen molar-refractivity contribution in [2.45, 2.75) is 49.3 Å². The number of nitrogens with zero attached hydrogens (tertiary/aromatic N) is 4. The molecule has 5 rings (SSSR count). The van der Waals surface area contributed by atoms with Crippen LogP contribution in [0.25, 0.3) is 22.3 Å². The van der Waals surface area contributed by atoms with E-state index in [1.54, 1.807) is 38.4 Å². The van der Waals surface area contributed by atoms with Crippen LogP contribution in [-0.4, -0.2) is 39.5 Å². The summed E-state index contributed by atoms with van der Waals surface area (Å²) in [4.78, 5) is 31.0. The van der Waals surface area contributed by atoms with E-state index in [-0.39, 0.29) is 22.9 Å². The molecule has 0 aliphatic heterocycles. The van der Waals surface area contributed by atoms with Gasteiger partial charge in [-0.15, -0.1) is 0 Å². The number of pyridine rings is 2. The van der Waals surface area contributed by atoms with Crippen LogP contribution >= 0.6 is 0 Å². The van der Waals surface area contributed by atoms with Crippen molar-refractivity contribution in [2.24, 2.45) is 0 Å². The highest BCUT2D eigenvalue weighted by molar-refractivity contribution is 7.92. The number of hydrogen-bond donors (Lipinski definition) is 1. The van der Waals surface area contributed by atoms with Crippen LogP contribution in [0.3, 0.4) is 0 Å². The minimum atomic E-state index is -3.47. The number of hydrogen-bond acceptors (Lipinski definition) is 7. The summed E-state index contributed by atoms with van der Waals surface area (Å²) >= 11 is 0. The van der Waals surface area contributed by atoms with Gasteiger partial charge in [-0.3, -0.25) is 14.8 Å². The van der Waals surface area contributed by atoms with Gasteiger partial charge in [0.05, 0.1) is 45.5 Å². The van der Waals surface area contributed by atoms with Gasteiger partial charge in [0.1, 0.15) is 5.69 Å². The Balaban J connectivity index is 1.34. The Bertz CT molecular complexity index is 1530. The number of amides is 1. The van der Waals surface area contributed by atoms with Crippen LogP contribution in [0.5, 0.6) is 0 Å². The molecule has 0 spiro atoms. The van der Waals surface area contributed by atoms with E-state index in [4.69, 9.17) is 9.97 Å². The SMILES string of the molecule is CC(C)S(=O)(=O)c1cccc(C(=O)NCc2cc3nc(-c4cncc(C5CC5)n4)ccc3cn2)c1. The number of carbonyl (C=O) groups excluding carboxylic acids is 1. The van der Waals surface area contributed by atoms with Crippen molar-refractivity contribution < 1.29 is 13.2 Å². The minimum absolute atomic E-state index is 0.134. The summed E-state index contributed by atoms with van der Waals surface area (Å²) in [5.74, 6) is 0.134. The number of carbonyl (C=O) groups is 1. The van der Waals surface area contributed by atoms with E-state index < -0.39 is 15.1 Å². The third-order valence-electron chi connectivity index (χ3n) is 6.02. The van der Waals surface area contributed by atoms with Crippen molar-refractivity contribution >= 4 is 26.6 Å². The van der Waals surface area contributed by atoms with Crippen LogP contribution in [-0.2, 0) is 16.4 Å². The van der Waals surface area contributed by atoms with Gasteiger partial charge in [-0.05, 0) is 63.1 Å². The first-order valence-corrected chi connectivity index (χ1v) is 13.1. The maximum atomic E-state index is 12.7. The molecule has 178 valence electrons. The molecule has 1 aliphatic carbocycles. The normalized spacial score (nSPS) is 13.8. The monoisotopic (exact) mass is 487 g/mol. The largest absolute Gasteiger partial charge is 0.346 e. The van der Waals surface area contributed by atoms with Crippen LogP contribution in [0.4, 0.5) is 0 Å². The van der Waals surface area contributed by atoms with Gasteiger partial charge in [0.15, 0.2) is 9.84 Å². The van der Waals surface area contributed by atoms with Crippen molar-refractivity contribution in [3.05, 3.63) is 78.0 Å². The highest BCUT2D eigenvalue weighted by atomic mass is 32.2. The van der Waals surface area contributed by atoms with E-state index in [0.29, 0.717) is 11.6 Å². The molecule has 3 aromatic heterocycles. The van der Waals surface area contributed by atoms with Gasteiger partial charge in [0.25, 0.3) is 5.91 Å². The summed E-state index contributed by atoms with van der Waals surface area (Å²) in [6, 6.07) is 11.8.